The second-order valence-electron chi connectivity index (χ2n) is 5.11. The van der Waals surface area contributed by atoms with Crippen molar-refractivity contribution in [3.05, 3.63) is 33.9 Å². The molecular weight excluding hydrogens is 260 g/mol. The Balaban J connectivity index is 1.99. The molecule has 1 aliphatic carbocycles. The van der Waals surface area contributed by atoms with Crippen molar-refractivity contribution in [2.45, 2.75) is 31.8 Å². The normalized spacial score (nSPS) is 17.6. The number of hydrogen-bond donors (Lipinski definition) is 2. The van der Waals surface area contributed by atoms with Gasteiger partial charge in [0.15, 0.2) is 0 Å². The number of nitro benzene ring substituents is 1. The average molecular weight is 278 g/mol. The molecule has 1 aromatic rings. The van der Waals surface area contributed by atoms with Crippen LogP contribution in [-0.4, -0.2) is 34.0 Å². The van der Waals surface area contributed by atoms with Crippen LogP contribution in [0.3, 0.4) is 0 Å². The highest BCUT2D eigenvalue weighted by Crippen LogP contribution is 2.28. The molecule has 2 rings (SSSR count). The van der Waals surface area contributed by atoms with Gasteiger partial charge in [0.05, 0.1) is 17.6 Å². The first kappa shape index (κ1) is 14.5. The highest BCUT2D eigenvalue weighted by molar-refractivity contribution is 5.84. The van der Waals surface area contributed by atoms with Gasteiger partial charge in [0.2, 0.25) is 0 Å². The van der Waals surface area contributed by atoms with Crippen molar-refractivity contribution in [2.75, 3.05) is 6.54 Å². The van der Waals surface area contributed by atoms with Crippen molar-refractivity contribution in [2.24, 2.45) is 10.9 Å². The van der Waals surface area contributed by atoms with Crippen LogP contribution in [0.25, 0.3) is 0 Å². The third-order valence-corrected chi connectivity index (χ3v) is 3.69. The van der Waals surface area contributed by atoms with Gasteiger partial charge in [-0.3, -0.25) is 15.1 Å². The van der Waals surface area contributed by atoms with E-state index >= 15 is 0 Å². The first-order valence-electron chi connectivity index (χ1n) is 6.73. The lowest BCUT2D eigenvalue weighted by Crippen LogP contribution is -2.20. The van der Waals surface area contributed by atoms with E-state index in [2.05, 4.69) is 4.99 Å². The van der Waals surface area contributed by atoms with E-state index in [1.807, 2.05) is 0 Å². The highest BCUT2D eigenvalue weighted by Gasteiger charge is 2.22. The molecule has 1 atom stereocenters. The Kier molecular flexibility index (Phi) is 4.68. The standard InChI is InChI=1S/C14H18N2O4/c17-13-6-5-12(16(19)20)7-11(13)8-15-9-14(18)10-3-1-2-4-10/h5-8,10,14,17-18H,1-4,9H2. The number of aliphatic imine (C=N–C) groups is 1. The Morgan fingerprint density at radius 2 is 2.15 bits per heavy atom. The molecule has 1 aliphatic rings. The van der Waals surface area contributed by atoms with Crippen molar-refractivity contribution in [3.63, 3.8) is 0 Å². The highest BCUT2D eigenvalue weighted by atomic mass is 16.6. The van der Waals surface area contributed by atoms with Crippen LogP contribution in [0, 0.1) is 16.0 Å². The van der Waals surface area contributed by atoms with Gasteiger partial charge in [0.25, 0.3) is 5.69 Å². The number of aliphatic hydroxyl groups is 1. The van der Waals surface area contributed by atoms with Crippen LogP contribution in [0.1, 0.15) is 31.2 Å². The first-order valence-corrected chi connectivity index (χ1v) is 6.73. The van der Waals surface area contributed by atoms with Gasteiger partial charge in [-0.25, -0.2) is 0 Å². The number of benzene rings is 1. The van der Waals surface area contributed by atoms with Crippen LogP contribution < -0.4 is 0 Å². The zero-order valence-electron chi connectivity index (χ0n) is 11.1. The van der Waals surface area contributed by atoms with Crippen molar-refractivity contribution in [3.8, 4) is 5.75 Å². The lowest BCUT2D eigenvalue weighted by atomic mass is 10.0. The Morgan fingerprint density at radius 3 is 2.80 bits per heavy atom. The maximum atomic E-state index is 10.7. The molecule has 2 N–H and O–H groups in total. The molecule has 0 spiro atoms. The molecule has 0 bridgehead atoms. The summed E-state index contributed by atoms with van der Waals surface area (Å²) in [5, 5.41) is 30.2. The molecule has 1 fully saturated rings. The molecule has 1 aromatic carbocycles. The summed E-state index contributed by atoms with van der Waals surface area (Å²) in [5.41, 5.74) is 0.193. The summed E-state index contributed by atoms with van der Waals surface area (Å²) in [6.07, 6.45) is 5.25. The zero-order valence-corrected chi connectivity index (χ0v) is 11.1. The minimum atomic E-state index is -0.524. The predicted octanol–water partition coefficient (Wildman–Crippen LogP) is 2.27. The number of aromatic hydroxyl groups is 1. The number of hydrogen-bond acceptors (Lipinski definition) is 5. The minimum Gasteiger partial charge on any atom is -0.507 e. The molecule has 20 heavy (non-hydrogen) atoms. The lowest BCUT2D eigenvalue weighted by Gasteiger charge is -2.14. The van der Waals surface area contributed by atoms with Gasteiger partial charge >= 0.3 is 0 Å². The molecule has 1 saturated carbocycles. The molecule has 1 unspecified atom stereocenters. The fraction of sp³-hybridized carbons (Fsp3) is 0.500. The third kappa shape index (κ3) is 3.54. The maximum Gasteiger partial charge on any atom is 0.270 e. The molecule has 0 aromatic heterocycles. The molecule has 108 valence electrons. The van der Waals surface area contributed by atoms with E-state index in [0.29, 0.717) is 5.92 Å². The van der Waals surface area contributed by atoms with Gasteiger partial charge in [-0.2, -0.15) is 0 Å². The quantitative estimate of drug-likeness (QED) is 0.490. The van der Waals surface area contributed by atoms with Gasteiger partial charge in [-0.05, 0) is 24.8 Å². The van der Waals surface area contributed by atoms with E-state index in [4.69, 9.17) is 0 Å². The monoisotopic (exact) mass is 278 g/mol. The fourth-order valence-electron chi connectivity index (χ4n) is 2.51. The largest absolute Gasteiger partial charge is 0.507 e. The molecule has 0 aliphatic heterocycles. The Labute approximate surface area is 116 Å². The van der Waals surface area contributed by atoms with Gasteiger partial charge in [0.1, 0.15) is 5.75 Å². The van der Waals surface area contributed by atoms with Crippen LogP contribution in [0.15, 0.2) is 23.2 Å². The van der Waals surface area contributed by atoms with E-state index in [-0.39, 0.29) is 23.5 Å². The van der Waals surface area contributed by atoms with E-state index in [1.165, 1.54) is 24.4 Å². The Bertz CT molecular complexity index is 510. The van der Waals surface area contributed by atoms with Crippen molar-refractivity contribution < 1.29 is 15.1 Å². The number of nitro groups is 1. The summed E-state index contributed by atoms with van der Waals surface area (Å²) in [4.78, 5) is 14.2. The SMILES string of the molecule is O=[N+]([O-])c1ccc(O)c(C=NCC(O)C2CCCC2)c1. The molecule has 0 heterocycles. The van der Waals surface area contributed by atoms with Crippen molar-refractivity contribution in [1.82, 2.24) is 0 Å². The van der Waals surface area contributed by atoms with Gasteiger partial charge in [0, 0.05) is 23.9 Å². The molecule has 0 radical (unpaired) electrons. The zero-order chi connectivity index (χ0) is 14.5. The number of non-ortho nitro benzene ring substituents is 1. The molecule has 0 amide bonds. The summed E-state index contributed by atoms with van der Waals surface area (Å²) >= 11 is 0. The van der Waals surface area contributed by atoms with Gasteiger partial charge in [-0.15, -0.1) is 0 Å². The smallest absolute Gasteiger partial charge is 0.270 e. The van der Waals surface area contributed by atoms with E-state index < -0.39 is 11.0 Å². The van der Waals surface area contributed by atoms with Crippen LogP contribution in [0.2, 0.25) is 0 Å². The molecule has 6 heteroatoms. The van der Waals surface area contributed by atoms with E-state index in [0.717, 1.165) is 25.7 Å². The van der Waals surface area contributed by atoms with Crippen LogP contribution in [0.4, 0.5) is 5.69 Å². The lowest BCUT2D eigenvalue weighted by molar-refractivity contribution is -0.384. The van der Waals surface area contributed by atoms with E-state index in [1.54, 1.807) is 0 Å². The fourth-order valence-corrected chi connectivity index (χ4v) is 2.51. The summed E-state index contributed by atoms with van der Waals surface area (Å²) in [6.45, 7) is 0.257. The molecular formula is C14H18N2O4. The predicted molar refractivity (Wildman–Crippen MR) is 75.2 cm³/mol. The number of phenolic OH excluding ortho intramolecular Hbond substituents is 1. The number of rotatable bonds is 5. The second kappa shape index (κ2) is 6.47. The topological polar surface area (TPSA) is 96.0 Å². The minimum absolute atomic E-state index is 0.0605. The van der Waals surface area contributed by atoms with Crippen LogP contribution >= 0.6 is 0 Å². The van der Waals surface area contributed by atoms with Gasteiger partial charge < -0.3 is 10.2 Å². The number of phenols is 1. The second-order valence-corrected chi connectivity index (χ2v) is 5.11. The molecule has 0 saturated heterocycles. The van der Waals surface area contributed by atoms with Crippen LogP contribution in [-0.2, 0) is 0 Å². The van der Waals surface area contributed by atoms with Crippen molar-refractivity contribution >= 4 is 11.9 Å². The summed E-state index contributed by atoms with van der Waals surface area (Å²) in [6, 6.07) is 3.77. The molecule has 6 nitrogen and oxygen atoms in total. The van der Waals surface area contributed by atoms with Gasteiger partial charge in [-0.1, -0.05) is 12.8 Å². The summed E-state index contributed by atoms with van der Waals surface area (Å²) < 4.78 is 0. The summed E-state index contributed by atoms with van der Waals surface area (Å²) in [5.74, 6) is 0.237. The maximum absolute atomic E-state index is 10.7. The third-order valence-electron chi connectivity index (χ3n) is 3.69. The first-order chi connectivity index (χ1) is 9.58. The number of aliphatic hydroxyl groups excluding tert-OH is 1. The van der Waals surface area contributed by atoms with Crippen molar-refractivity contribution in [1.29, 1.82) is 0 Å². The number of nitrogens with zero attached hydrogens (tertiary/aromatic N) is 2. The average Bonchev–Trinajstić information content (AvgIpc) is 2.94. The Hall–Kier alpha value is -1.95. The Morgan fingerprint density at radius 1 is 1.45 bits per heavy atom. The van der Waals surface area contributed by atoms with E-state index in [9.17, 15) is 20.3 Å². The summed E-state index contributed by atoms with van der Waals surface area (Å²) in [7, 11) is 0. The van der Waals surface area contributed by atoms with Crippen LogP contribution in [0.5, 0.6) is 5.75 Å².